The van der Waals surface area contributed by atoms with Crippen LogP contribution in [-0.2, 0) is 10.0 Å². The number of hydrogen-bond donors (Lipinski definition) is 2. The average molecular weight is 345 g/mol. The lowest BCUT2D eigenvalue weighted by atomic mass is 10.2. The first-order chi connectivity index (χ1) is 9.81. The van der Waals surface area contributed by atoms with E-state index < -0.39 is 15.8 Å². The third-order valence-electron chi connectivity index (χ3n) is 2.62. The number of nitrogens with one attached hydrogen (secondary N) is 1. The highest BCUT2D eigenvalue weighted by Crippen LogP contribution is 2.24. The molecule has 0 heterocycles. The molecule has 0 bridgehead atoms. The number of sulfonamides is 1. The van der Waals surface area contributed by atoms with Crippen molar-refractivity contribution in [2.24, 2.45) is 5.73 Å². The van der Waals surface area contributed by atoms with Crippen LogP contribution in [0.15, 0.2) is 47.4 Å². The SMILES string of the molecule is NC(=S)c1cccc(S(=O)(=O)Nc2cccc(Cl)c2F)c1. The van der Waals surface area contributed by atoms with Crippen molar-refractivity contribution in [3.05, 3.63) is 58.9 Å². The van der Waals surface area contributed by atoms with E-state index in [2.05, 4.69) is 4.72 Å². The molecule has 0 saturated heterocycles. The van der Waals surface area contributed by atoms with Gasteiger partial charge in [0.1, 0.15) is 4.99 Å². The van der Waals surface area contributed by atoms with Gasteiger partial charge in [-0.25, -0.2) is 12.8 Å². The average Bonchev–Trinajstić information content (AvgIpc) is 2.44. The number of anilines is 1. The molecule has 0 amide bonds. The first-order valence-electron chi connectivity index (χ1n) is 5.68. The van der Waals surface area contributed by atoms with Gasteiger partial charge in [0, 0.05) is 5.56 Å². The van der Waals surface area contributed by atoms with E-state index in [1.54, 1.807) is 6.07 Å². The second-order valence-electron chi connectivity index (χ2n) is 4.10. The predicted molar refractivity (Wildman–Crippen MR) is 84.5 cm³/mol. The second kappa shape index (κ2) is 5.97. The van der Waals surface area contributed by atoms with Gasteiger partial charge in [0.25, 0.3) is 10.0 Å². The van der Waals surface area contributed by atoms with Crippen LogP contribution in [0.5, 0.6) is 0 Å². The van der Waals surface area contributed by atoms with Crippen LogP contribution in [0.2, 0.25) is 5.02 Å². The quantitative estimate of drug-likeness (QED) is 0.836. The van der Waals surface area contributed by atoms with Gasteiger partial charge in [-0.3, -0.25) is 4.72 Å². The lowest BCUT2D eigenvalue weighted by Crippen LogP contribution is -2.16. The monoisotopic (exact) mass is 344 g/mol. The summed E-state index contributed by atoms with van der Waals surface area (Å²) in [5.74, 6) is -0.840. The largest absolute Gasteiger partial charge is 0.389 e. The van der Waals surface area contributed by atoms with Crippen LogP contribution < -0.4 is 10.5 Å². The van der Waals surface area contributed by atoms with Crippen LogP contribution >= 0.6 is 23.8 Å². The molecule has 0 atom stereocenters. The molecule has 8 heteroatoms. The van der Waals surface area contributed by atoms with Gasteiger partial charge in [-0.15, -0.1) is 0 Å². The molecule has 110 valence electrons. The van der Waals surface area contributed by atoms with Crippen LogP contribution in [0.4, 0.5) is 10.1 Å². The molecule has 0 saturated carbocycles. The number of nitrogens with two attached hydrogens (primary N) is 1. The van der Waals surface area contributed by atoms with Crippen molar-refractivity contribution >= 4 is 44.5 Å². The number of halogens is 2. The van der Waals surface area contributed by atoms with E-state index in [1.807, 2.05) is 0 Å². The van der Waals surface area contributed by atoms with Crippen molar-refractivity contribution in [2.45, 2.75) is 4.90 Å². The minimum Gasteiger partial charge on any atom is -0.389 e. The van der Waals surface area contributed by atoms with Gasteiger partial charge in [-0.05, 0) is 24.3 Å². The Balaban J connectivity index is 2.41. The van der Waals surface area contributed by atoms with E-state index in [1.165, 1.54) is 36.4 Å². The molecule has 0 aliphatic heterocycles. The number of hydrogen-bond acceptors (Lipinski definition) is 3. The Morgan fingerprint density at radius 1 is 1.24 bits per heavy atom. The van der Waals surface area contributed by atoms with E-state index in [9.17, 15) is 12.8 Å². The predicted octanol–water partition coefficient (Wildman–Crippen LogP) is 2.91. The summed E-state index contributed by atoms with van der Waals surface area (Å²) in [6.45, 7) is 0. The maximum atomic E-state index is 13.8. The van der Waals surface area contributed by atoms with Crippen molar-refractivity contribution in [1.29, 1.82) is 0 Å². The molecule has 0 fully saturated rings. The lowest BCUT2D eigenvalue weighted by Gasteiger charge is -2.10. The number of thiocarbonyl (C=S) groups is 1. The molecule has 4 nitrogen and oxygen atoms in total. The molecule has 3 N–H and O–H groups in total. The maximum absolute atomic E-state index is 13.8. The van der Waals surface area contributed by atoms with Gasteiger partial charge in [0.2, 0.25) is 0 Å². The standard InChI is InChI=1S/C13H10ClFN2O2S2/c14-10-5-2-6-11(12(10)15)17-21(18,19)9-4-1-3-8(7-9)13(16)20/h1-7,17H,(H2,16,20). The fraction of sp³-hybridized carbons (Fsp3) is 0. The van der Waals surface area contributed by atoms with Gasteiger partial charge < -0.3 is 5.73 Å². The third-order valence-corrected chi connectivity index (χ3v) is 4.52. The minimum absolute atomic E-state index is 0.0704. The normalized spacial score (nSPS) is 11.1. The van der Waals surface area contributed by atoms with Crippen LogP contribution in [0.1, 0.15) is 5.56 Å². The van der Waals surface area contributed by atoms with Crippen molar-refractivity contribution in [2.75, 3.05) is 4.72 Å². The highest BCUT2D eigenvalue weighted by Gasteiger charge is 2.18. The van der Waals surface area contributed by atoms with Gasteiger partial charge >= 0.3 is 0 Å². The van der Waals surface area contributed by atoms with Crippen LogP contribution in [0.3, 0.4) is 0 Å². The van der Waals surface area contributed by atoms with Crippen molar-refractivity contribution in [1.82, 2.24) is 0 Å². The highest BCUT2D eigenvalue weighted by molar-refractivity contribution is 7.92. The van der Waals surface area contributed by atoms with Gasteiger partial charge in [-0.2, -0.15) is 0 Å². The molecule has 0 aliphatic carbocycles. The lowest BCUT2D eigenvalue weighted by molar-refractivity contribution is 0.598. The Kier molecular flexibility index (Phi) is 4.46. The zero-order valence-corrected chi connectivity index (χ0v) is 12.9. The Morgan fingerprint density at radius 2 is 1.90 bits per heavy atom. The van der Waals surface area contributed by atoms with E-state index in [0.29, 0.717) is 5.56 Å². The van der Waals surface area contributed by atoms with Gasteiger partial charge in [-0.1, -0.05) is 42.0 Å². The van der Waals surface area contributed by atoms with Crippen LogP contribution in [0.25, 0.3) is 0 Å². The summed E-state index contributed by atoms with van der Waals surface area (Å²) in [5.41, 5.74) is 5.63. The summed E-state index contributed by atoms with van der Waals surface area (Å²) in [7, 11) is -3.97. The minimum atomic E-state index is -3.97. The Morgan fingerprint density at radius 3 is 2.57 bits per heavy atom. The van der Waals surface area contributed by atoms with Crippen molar-refractivity contribution in [3.63, 3.8) is 0 Å². The zero-order chi connectivity index (χ0) is 15.6. The summed E-state index contributed by atoms with van der Waals surface area (Å²) in [4.78, 5) is -0.00633. The fourth-order valence-electron chi connectivity index (χ4n) is 1.60. The molecular formula is C13H10ClFN2O2S2. The molecule has 0 spiro atoms. The Bertz CT molecular complexity index is 810. The summed E-state index contributed by atoms with van der Waals surface area (Å²) >= 11 is 10.4. The highest BCUT2D eigenvalue weighted by atomic mass is 35.5. The third kappa shape index (κ3) is 3.49. The summed E-state index contributed by atoms with van der Waals surface area (Å²) < 4.78 is 40.4. The molecule has 2 rings (SSSR count). The molecule has 0 radical (unpaired) electrons. The second-order valence-corrected chi connectivity index (χ2v) is 6.63. The first-order valence-corrected chi connectivity index (χ1v) is 7.95. The molecule has 21 heavy (non-hydrogen) atoms. The summed E-state index contributed by atoms with van der Waals surface area (Å²) in [6, 6.07) is 9.78. The van der Waals surface area contributed by atoms with Gasteiger partial charge in [0.15, 0.2) is 5.82 Å². The van der Waals surface area contributed by atoms with Crippen LogP contribution in [0, 0.1) is 5.82 Å². The van der Waals surface area contributed by atoms with E-state index in [4.69, 9.17) is 29.6 Å². The number of rotatable bonds is 4. The van der Waals surface area contributed by atoms with Crippen LogP contribution in [-0.4, -0.2) is 13.4 Å². The van der Waals surface area contributed by atoms with E-state index >= 15 is 0 Å². The summed E-state index contributed by atoms with van der Waals surface area (Å²) in [5, 5.41) is -0.174. The fourth-order valence-corrected chi connectivity index (χ4v) is 3.01. The van der Waals surface area contributed by atoms with E-state index in [0.717, 1.165) is 0 Å². The molecule has 2 aromatic rings. The molecule has 0 aliphatic rings. The zero-order valence-electron chi connectivity index (χ0n) is 10.5. The maximum Gasteiger partial charge on any atom is 0.262 e. The Labute approximate surface area is 131 Å². The first kappa shape index (κ1) is 15.7. The number of benzene rings is 2. The topological polar surface area (TPSA) is 72.2 Å². The molecule has 0 aromatic heterocycles. The Hall–Kier alpha value is -1.70. The smallest absolute Gasteiger partial charge is 0.262 e. The molecule has 2 aromatic carbocycles. The van der Waals surface area contributed by atoms with Crippen molar-refractivity contribution < 1.29 is 12.8 Å². The molecular weight excluding hydrogens is 335 g/mol. The van der Waals surface area contributed by atoms with Gasteiger partial charge in [0.05, 0.1) is 15.6 Å². The molecule has 0 unspecified atom stereocenters. The van der Waals surface area contributed by atoms with E-state index in [-0.39, 0.29) is 20.6 Å². The van der Waals surface area contributed by atoms with Crippen molar-refractivity contribution in [3.8, 4) is 0 Å². The summed E-state index contributed by atoms with van der Waals surface area (Å²) in [6.07, 6.45) is 0.